The highest BCUT2D eigenvalue weighted by Gasteiger charge is 2.35. The van der Waals surface area contributed by atoms with Crippen LogP contribution in [0.1, 0.15) is 82.3 Å². The Kier molecular flexibility index (Phi) is 23.9. The second kappa shape index (κ2) is 30.4. The molecule has 412 valence electrons. The number of carbonyl (C=O) groups is 10. The van der Waals surface area contributed by atoms with Gasteiger partial charge in [-0.1, -0.05) is 48.5 Å². The third kappa shape index (κ3) is 20.6. The first-order chi connectivity index (χ1) is 36.2. The van der Waals surface area contributed by atoms with Crippen molar-refractivity contribution < 1.29 is 47.9 Å². The van der Waals surface area contributed by atoms with Gasteiger partial charge in [0.05, 0.1) is 0 Å². The summed E-state index contributed by atoms with van der Waals surface area (Å²) in [5.74, 6) is -8.60. The van der Waals surface area contributed by atoms with Gasteiger partial charge in [-0.2, -0.15) is 0 Å². The van der Waals surface area contributed by atoms with Crippen molar-refractivity contribution in [2.45, 2.75) is 126 Å². The van der Waals surface area contributed by atoms with Crippen LogP contribution in [0.5, 0.6) is 0 Å². The fourth-order valence-electron chi connectivity index (χ4n) is 8.23. The molecule has 27 heteroatoms. The second-order valence-electron chi connectivity index (χ2n) is 18.2. The van der Waals surface area contributed by atoms with Gasteiger partial charge in [-0.25, -0.2) is 0 Å². The molecule has 1 aliphatic heterocycles. The first kappa shape index (κ1) is 59.8. The van der Waals surface area contributed by atoms with Crippen LogP contribution in [-0.2, 0) is 60.8 Å². The van der Waals surface area contributed by atoms with Gasteiger partial charge < -0.3 is 81.9 Å². The van der Waals surface area contributed by atoms with Gasteiger partial charge in [-0.3, -0.25) is 57.9 Å². The zero-order valence-electron chi connectivity index (χ0n) is 42.4. The fraction of sp³-hybridized carbons (Fsp3) is 0.469. The molecule has 1 saturated heterocycles. The predicted molar refractivity (Wildman–Crippen MR) is 280 cm³/mol. The van der Waals surface area contributed by atoms with E-state index in [1.54, 1.807) is 42.6 Å². The Morgan fingerprint density at radius 2 is 1.25 bits per heavy atom. The maximum absolute atomic E-state index is 14.6. The third-order valence-corrected chi connectivity index (χ3v) is 12.1. The Labute approximate surface area is 438 Å². The Morgan fingerprint density at radius 1 is 0.671 bits per heavy atom. The van der Waals surface area contributed by atoms with Crippen LogP contribution in [0.3, 0.4) is 0 Å². The molecule has 4 rings (SSSR count). The highest BCUT2D eigenvalue weighted by atomic mass is 16.2. The van der Waals surface area contributed by atoms with E-state index in [-0.39, 0.29) is 102 Å². The van der Waals surface area contributed by atoms with E-state index in [9.17, 15) is 47.9 Å². The van der Waals surface area contributed by atoms with Gasteiger partial charge in [0.1, 0.15) is 42.3 Å². The third-order valence-electron chi connectivity index (χ3n) is 12.1. The number of nitrogens with one attached hydrogen (secondary N) is 9. The summed E-state index contributed by atoms with van der Waals surface area (Å²) in [5, 5.41) is 21.8. The quantitative estimate of drug-likeness (QED) is 0.0309. The van der Waals surface area contributed by atoms with E-state index in [1.807, 2.05) is 18.2 Å². The number of H-pyrrole nitrogens is 1. The number of hydrogen-bond acceptors (Lipinski definition) is 12. The molecule has 27 nitrogen and oxygen atoms in total. The smallest absolute Gasteiger partial charge is 0.243 e. The average molecular weight is 1060 g/mol. The lowest BCUT2D eigenvalue weighted by Gasteiger charge is -2.28. The van der Waals surface area contributed by atoms with Gasteiger partial charge in [-0.15, -0.1) is 0 Å². The summed E-state index contributed by atoms with van der Waals surface area (Å²) in [4.78, 5) is 147. The van der Waals surface area contributed by atoms with Gasteiger partial charge in [0.25, 0.3) is 0 Å². The number of guanidine groups is 2. The molecule has 76 heavy (non-hydrogen) atoms. The van der Waals surface area contributed by atoms with E-state index in [4.69, 9.17) is 34.4 Å². The molecule has 0 saturated carbocycles. The van der Waals surface area contributed by atoms with Crippen LogP contribution in [0.2, 0.25) is 0 Å². The lowest BCUT2D eigenvalue weighted by atomic mass is 10.0. The van der Waals surface area contributed by atoms with Crippen molar-refractivity contribution in [1.82, 2.24) is 47.5 Å². The Hall–Kier alpha value is -8.78. The molecule has 3 aromatic rings. The van der Waals surface area contributed by atoms with Crippen LogP contribution >= 0.6 is 0 Å². The SMILES string of the molecule is CC(=O)N[C@@H](CCCN=C(N)N)C(=O)N[C@H]1CCNC(=O)CCC[C@@H](C(N)=O)NC(=O)[C@H](Cc2c[nH]c3ccccc23)NC(=O)[C@H](CCCN=C(N)N)NC(=O)[C@@H](Cc2ccccc2)NC(=O)[C@H](CCC(N)=O)NC1=O. The number of hydrogen-bond donors (Lipinski definition) is 15. The van der Waals surface area contributed by atoms with E-state index in [1.165, 1.54) is 6.92 Å². The van der Waals surface area contributed by atoms with E-state index in [0.29, 0.717) is 11.1 Å². The highest BCUT2D eigenvalue weighted by Crippen LogP contribution is 2.20. The van der Waals surface area contributed by atoms with Crippen molar-refractivity contribution in [3.8, 4) is 0 Å². The summed E-state index contributed by atoms with van der Waals surface area (Å²) in [6, 6.07) is 5.88. The molecule has 2 heterocycles. The standard InChI is InChI=1S/C49H71N17O10/c1-27(67)60-33(15-8-21-57-48(52)53)42(71)64-36-20-23-56-40(69)17-7-14-32(41(51)70)61-47(76)38(25-29-26-59-31-13-6-5-12-30(29)31)66-43(72)34(16-9-22-58-49(54)55)62-46(75)37(24-28-10-3-2-4-11-28)65-44(73)35(63-45(36)74)18-19-39(50)68/h2-6,10-13,26,32-38,59H,7-9,14-25H2,1H3,(H2,50,68)(H2,51,70)(H,56,69)(H,60,67)(H,61,76)(H,62,75)(H,63,74)(H,64,71)(H,65,73)(H,66,72)(H4,52,53,57)(H4,54,55,58)/t32-,33-,34-,35-,36-,37+,38-/m0/s1. The number of amides is 10. The summed E-state index contributed by atoms with van der Waals surface area (Å²) in [6.07, 6.45) is 0.296. The van der Waals surface area contributed by atoms with Crippen molar-refractivity contribution >= 4 is 81.9 Å². The molecule has 21 N–H and O–H groups in total. The van der Waals surface area contributed by atoms with Crippen molar-refractivity contribution in [2.75, 3.05) is 19.6 Å². The summed E-state index contributed by atoms with van der Waals surface area (Å²) in [7, 11) is 0. The number of aliphatic imine (C=N–C) groups is 2. The summed E-state index contributed by atoms with van der Waals surface area (Å²) < 4.78 is 0. The number of aromatic nitrogens is 1. The maximum Gasteiger partial charge on any atom is 0.243 e. The number of primary amides is 2. The number of aromatic amines is 1. The molecule has 10 amide bonds. The predicted octanol–water partition coefficient (Wildman–Crippen LogP) is -4.09. The van der Waals surface area contributed by atoms with E-state index >= 15 is 0 Å². The van der Waals surface area contributed by atoms with Crippen LogP contribution in [-0.4, -0.2) is 138 Å². The number of nitrogens with zero attached hydrogens (tertiary/aromatic N) is 2. The molecule has 0 radical (unpaired) electrons. The number of fused-ring (bicyclic) bond motifs is 1. The molecule has 0 bridgehead atoms. The minimum atomic E-state index is -1.58. The van der Waals surface area contributed by atoms with Crippen LogP contribution in [0.25, 0.3) is 10.9 Å². The lowest BCUT2D eigenvalue weighted by Crippen LogP contribution is -2.60. The van der Waals surface area contributed by atoms with E-state index in [0.717, 1.165) is 10.9 Å². The van der Waals surface area contributed by atoms with Crippen LogP contribution in [0, 0.1) is 0 Å². The lowest BCUT2D eigenvalue weighted by molar-refractivity contribution is -0.136. The summed E-state index contributed by atoms with van der Waals surface area (Å²) >= 11 is 0. The number of rotatable bonds is 19. The molecule has 0 unspecified atom stereocenters. The Morgan fingerprint density at radius 3 is 1.89 bits per heavy atom. The second-order valence-corrected chi connectivity index (χ2v) is 18.2. The zero-order valence-corrected chi connectivity index (χ0v) is 42.4. The molecule has 7 atom stereocenters. The molecule has 1 aliphatic rings. The molecule has 0 spiro atoms. The van der Waals surface area contributed by atoms with Gasteiger partial charge in [0.2, 0.25) is 59.1 Å². The van der Waals surface area contributed by atoms with Crippen molar-refractivity contribution in [2.24, 2.45) is 44.4 Å². The Balaban J connectivity index is 1.78. The van der Waals surface area contributed by atoms with Crippen LogP contribution < -0.4 is 76.9 Å². The number of nitrogens with two attached hydrogens (primary N) is 6. The minimum absolute atomic E-state index is 0.0167. The number of carbonyl (C=O) groups excluding carboxylic acids is 10. The van der Waals surface area contributed by atoms with Gasteiger partial charge in [0, 0.05) is 69.3 Å². The van der Waals surface area contributed by atoms with Crippen molar-refractivity contribution in [3.63, 3.8) is 0 Å². The average Bonchev–Trinajstić information content (AvgIpc) is 3.77. The Bertz CT molecular complexity index is 2580. The number of benzene rings is 2. The molecule has 1 aromatic heterocycles. The molecule has 2 aromatic carbocycles. The summed E-state index contributed by atoms with van der Waals surface area (Å²) in [5.41, 5.74) is 35.2. The molecule has 1 fully saturated rings. The minimum Gasteiger partial charge on any atom is -0.370 e. The van der Waals surface area contributed by atoms with E-state index in [2.05, 4.69) is 57.5 Å². The van der Waals surface area contributed by atoms with E-state index < -0.39 is 108 Å². The van der Waals surface area contributed by atoms with Gasteiger partial charge >= 0.3 is 0 Å². The van der Waals surface area contributed by atoms with Crippen LogP contribution in [0.4, 0.5) is 0 Å². The largest absolute Gasteiger partial charge is 0.370 e. The van der Waals surface area contributed by atoms with Crippen LogP contribution in [0.15, 0.2) is 70.8 Å². The summed E-state index contributed by atoms with van der Waals surface area (Å²) in [6.45, 7) is 1.08. The zero-order chi connectivity index (χ0) is 55.7. The van der Waals surface area contributed by atoms with Gasteiger partial charge in [0.15, 0.2) is 11.9 Å². The molecular formula is C49H71N17O10. The fourth-order valence-corrected chi connectivity index (χ4v) is 8.23. The normalized spacial score (nSPS) is 20.9. The monoisotopic (exact) mass is 1060 g/mol. The number of para-hydroxylation sites is 1. The first-order valence-corrected chi connectivity index (χ1v) is 24.8. The molecule has 0 aliphatic carbocycles. The maximum atomic E-state index is 14.6. The topological polar surface area (TPSA) is 464 Å². The highest BCUT2D eigenvalue weighted by molar-refractivity contribution is 5.98. The van der Waals surface area contributed by atoms with Crippen molar-refractivity contribution in [1.29, 1.82) is 0 Å². The first-order valence-electron chi connectivity index (χ1n) is 24.8. The van der Waals surface area contributed by atoms with Crippen molar-refractivity contribution in [3.05, 3.63) is 71.9 Å². The van der Waals surface area contributed by atoms with Gasteiger partial charge in [-0.05, 0) is 68.6 Å². The molecular weight excluding hydrogens is 987 g/mol.